The van der Waals surface area contributed by atoms with Crippen molar-refractivity contribution in [2.24, 2.45) is 0 Å². The van der Waals surface area contributed by atoms with E-state index >= 15 is 0 Å². The maximum atomic E-state index is 5.86. The summed E-state index contributed by atoms with van der Waals surface area (Å²) < 4.78 is 16.4. The van der Waals surface area contributed by atoms with Crippen molar-refractivity contribution in [3.63, 3.8) is 0 Å². The molecule has 6 nitrogen and oxygen atoms in total. The monoisotopic (exact) mass is 325 g/mol. The molecule has 0 aliphatic carbocycles. The van der Waals surface area contributed by atoms with Gasteiger partial charge in [0.05, 0.1) is 32.0 Å². The van der Waals surface area contributed by atoms with Gasteiger partial charge in [-0.1, -0.05) is 18.2 Å². The number of anilines is 1. The number of hydrogen-bond donors (Lipinski definition) is 1. The predicted octanol–water partition coefficient (Wildman–Crippen LogP) is 2.85. The molecule has 0 radical (unpaired) electrons. The van der Waals surface area contributed by atoms with E-state index in [2.05, 4.69) is 9.97 Å². The summed E-state index contributed by atoms with van der Waals surface area (Å²) in [7, 11) is 3.22. The molecule has 0 amide bonds. The van der Waals surface area contributed by atoms with Crippen molar-refractivity contribution in [2.75, 3.05) is 26.6 Å². The number of benzene rings is 2. The number of nitrogen functional groups attached to an aromatic ring is 1. The first-order valence-electron chi connectivity index (χ1n) is 7.57. The lowest BCUT2D eigenvalue weighted by molar-refractivity contribution is 0.294. The Morgan fingerprint density at radius 2 is 1.79 bits per heavy atom. The smallest absolute Gasteiger partial charge is 0.220 e. The lowest BCUT2D eigenvalue weighted by atomic mass is 10.1. The molecule has 0 saturated heterocycles. The van der Waals surface area contributed by atoms with E-state index in [1.54, 1.807) is 20.3 Å². The minimum Gasteiger partial charge on any atom is -0.497 e. The first kappa shape index (κ1) is 15.9. The number of aromatic nitrogens is 2. The molecule has 124 valence electrons. The molecule has 0 fully saturated rings. The highest BCUT2D eigenvalue weighted by molar-refractivity contribution is 5.81. The molecule has 0 bridgehead atoms. The largest absolute Gasteiger partial charge is 0.497 e. The van der Waals surface area contributed by atoms with Crippen LogP contribution in [0.3, 0.4) is 0 Å². The van der Waals surface area contributed by atoms with Crippen LogP contribution in [0.15, 0.2) is 42.5 Å². The Balaban J connectivity index is 1.78. The van der Waals surface area contributed by atoms with Crippen molar-refractivity contribution in [2.45, 2.75) is 6.42 Å². The third-order valence-electron chi connectivity index (χ3n) is 3.67. The average molecular weight is 325 g/mol. The quantitative estimate of drug-likeness (QED) is 0.751. The molecule has 6 heteroatoms. The lowest BCUT2D eigenvalue weighted by Crippen LogP contribution is -2.07. The molecule has 0 saturated carbocycles. The van der Waals surface area contributed by atoms with E-state index in [0.29, 0.717) is 30.3 Å². The number of rotatable bonds is 6. The fourth-order valence-electron chi connectivity index (χ4n) is 2.51. The highest BCUT2D eigenvalue weighted by atomic mass is 16.5. The van der Waals surface area contributed by atoms with Gasteiger partial charge in [-0.25, -0.2) is 9.97 Å². The van der Waals surface area contributed by atoms with Crippen LogP contribution in [0.5, 0.6) is 17.2 Å². The summed E-state index contributed by atoms with van der Waals surface area (Å²) in [5, 5.41) is 0.980. The molecular formula is C18H19N3O3. The molecule has 3 rings (SSSR count). The van der Waals surface area contributed by atoms with Crippen molar-refractivity contribution in [3.8, 4) is 17.2 Å². The van der Waals surface area contributed by atoms with Crippen LogP contribution in [0.1, 0.15) is 5.69 Å². The topological polar surface area (TPSA) is 79.5 Å². The first-order chi connectivity index (χ1) is 11.7. The normalized spacial score (nSPS) is 10.6. The minimum atomic E-state index is 0.266. The van der Waals surface area contributed by atoms with Crippen LogP contribution < -0.4 is 19.9 Å². The van der Waals surface area contributed by atoms with Crippen LogP contribution in [0.2, 0.25) is 0 Å². The van der Waals surface area contributed by atoms with Gasteiger partial charge >= 0.3 is 0 Å². The van der Waals surface area contributed by atoms with Crippen molar-refractivity contribution < 1.29 is 14.2 Å². The number of methoxy groups -OCH3 is 2. The van der Waals surface area contributed by atoms with E-state index in [4.69, 9.17) is 19.9 Å². The molecule has 3 aromatic rings. The van der Waals surface area contributed by atoms with Gasteiger partial charge in [-0.3, -0.25) is 0 Å². The van der Waals surface area contributed by atoms with Crippen molar-refractivity contribution in [1.29, 1.82) is 0 Å². The fraction of sp³-hybridized carbons (Fsp3) is 0.222. The zero-order chi connectivity index (χ0) is 16.9. The number of nitrogens with zero attached hydrogens (tertiary/aromatic N) is 2. The highest BCUT2D eigenvalue weighted by Gasteiger charge is 2.09. The van der Waals surface area contributed by atoms with Crippen LogP contribution in [0.25, 0.3) is 10.9 Å². The predicted molar refractivity (Wildman–Crippen MR) is 92.7 cm³/mol. The maximum Gasteiger partial charge on any atom is 0.220 e. The van der Waals surface area contributed by atoms with Crippen LogP contribution >= 0.6 is 0 Å². The van der Waals surface area contributed by atoms with Gasteiger partial charge in [-0.15, -0.1) is 0 Å². The third kappa shape index (κ3) is 3.32. The van der Waals surface area contributed by atoms with Gasteiger partial charge in [0.25, 0.3) is 0 Å². The molecule has 0 aliphatic heterocycles. The van der Waals surface area contributed by atoms with Crippen LogP contribution in [0, 0.1) is 0 Å². The van der Waals surface area contributed by atoms with Crippen LogP contribution in [-0.2, 0) is 6.42 Å². The van der Waals surface area contributed by atoms with E-state index in [1.165, 1.54) is 0 Å². The summed E-state index contributed by atoms with van der Waals surface area (Å²) in [6, 6.07) is 13.2. The standard InChI is InChI=1S/C18H19N3O3/c1-22-12-7-8-16(23-2)17(11-12)24-10-9-15-13-5-3-4-6-14(13)20-18(19)21-15/h3-8,11H,9-10H2,1-2H3,(H2,19,20,21). The Labute approximate surface area is 140 Å². The zero-order valence-electron chi connectivity index (χ0n) is 13.7. The second-order valence-corrected chi connectivity index (χ2v) is 5.16. The Hall–Kier alpha value is -3.02. The lowest BCUT2D eigenvalue weighted by Gasteiger charge is -2.12. The number of nitrogens with two attached hydrogens (primary N) is 1. The summed E-state index contributed by atoms with van der Waals surface area (Å²) in [6.07, 6.45) is 0.605. The van der Waals surface area contributed by atoms with Crippen LogP contribution in [-0.4, -0.2) is 30.8 Å². The van der Waals surface area contributed by atoms with E-state index in [1.807, 2.05) is 36.4 Å². The fourth-order valence-corrected chi connectivity index (χ4v) is 2.51. The first-order valence-corrected chi connectivity index (χ1v) is 7.57. The number of hydrogen-bond acceptors (Lipinski definition) is 6. The van der Waals surface area contributed by atoms with Crippen molar-refractivity contribution >= 4 is 16.9 Å². The van der Waals surface area contributed by atoms with Crippen molar-refractivity contribution in [3.05, 3.63) is 48.2 Å². The Kier molecular flexibility index (Phi) is 4.65. The third-order valence-corrected chi connectivity index (χ3v) is 3.67. The van der Waals surface area contributed by atoms with Gasteiger partial charge in [-0.2, -0.15) is 0 Å². The number of ether oxygens (including phenoxy) is 3. The van der Waals surface area contributed by atoms with Gasteiger partial charge in [-0.05, 0) is 18.2 Å². The SMILES string of the molecule is COc1ccc(OC)c(OCCc2nc(N)nc3ccccc23)c1. The van der Waals surface area contributed by atoms with Gasteiger partial charge < -0.3 is 19.9 Å². The molecule has 0 aliphatic rings. The second kappa shape index (κ2) is 7.04. The Morgan fingerprint density at radius 3 is 2.58 bits per heavy atom. The van der Waals surface area contributed by atoms with E-state index < -0.39 is 0 Å². The van der Waals surface area contributed by atoms with Gasteiger partial charge in [0.2, 0.25) is 5.95 Å². The maximum absolute atomic E-state index is 5.86. The minimum absolute atomic E-state index is 0.266. The molecule has 1 aromatic heterocycles. The molecule has 2 aromatic carbocycles. The van der Waals surface area contributed by atoms with E-state index in [9.17, 15) is 0 Å². The average Bonchev–Trinajstić information content (AvgIpc) is 2.61. The summed E-state index contributed by atoms with van der Waals surface area (Å²) in [6.45, 7) is 0.434. The summed E-state index contributed by atoms with van der Waals surface area (Å²) in [5.41, 5.74) is 7.48. The molecular weight excluding hydrogens is 306 g/mol. The summed E-state index contributed by atoms with van der Waals surface area (Å²) in [5.74, 6) is 2.26. The van der Waals surface area contributed by atoms with Gasteiger partial charge in [0, 0.05) is 17.9 Å². The zero-order valence-corrected chi connectivity index (χ0v) is 13.7. The van der Waals surface area contributed by atoms with Gasteiger partial charge in [0.15, 0.2) is 11.5 Å². The van der Waals surface area contributed by atoms with Crippen molar-refractivity contribution in [1.82, 2.24) is 9.97 Å². The Morgan fingerprint density at radius 1 is 0.958 bits per heavy atom. The molecule has 0 unspecified atom stereocenters. The second-order valence-electron chi connectivity index (χ2n) is 5.16. The van der Waals surface area contributed by atoms with E-state index in [0.717, 1.165) is 16.6 Å². The molecule has 1 heterocycles. The Bertz CT molecular complexity index is 852. The summed E-state index contributed by atoms with van der Waals surface area (Å²) in [4.78, 5) is 8.58. The van der Waals surface area contributed by atoms with Crippen LogP contribution in [0.4, 0.5) is 5.95 Å². The number of fused-ring (bicyclic) bond motifs is 1. The summed E-state index contributed by atoms with van der Waals surface area (Å²) >= 11 is 0. The van der Waals surface area contributed by atoms with Gasteiger partial charge in [0.1, 0.15) is 5.75 Å². The molecule has 0 spiro atoms. The highest BCUT2D eigenvalue weighted by Crippen LogP contribution is 2.31. The van der Waals surface area contributed by atoms with E-state index in [-0.39, 0.29) is 5.95 Å². The number of para-hydroxylation sites is 1. The molecule has 0 atom stereocenters. The molecule has 24 heavy (non-hydrogen) atoms. The molecule has 2 N–H and O–H groups in total.